The van der Waals surface area contributed by atoms with E-state index in [1.165, 1.54) is 0 Å². The van der Waals surface area contributed by atoms with Gasteiger partial charge in [0.1, 0.15) is 6.61 Å². The van der Waals surface area contributed by atoms with E-state index in [4.69, 9.17) is 15.2 Å². The van der Waals surface area contributed by atoms with Crippen molar-refractivity contribution in [3.63, 3.8) is 0 Å². The van der Waals surface area contributed by atoms with Gasteiger partial charge in [0.15, 0.2) is 5.96 Å². The summed E-state index contributed by atoms with van der Waals surface area (Å²) in [6, 6.07) is 3.83. The number of morpholine rings is 1. The zero-order valence-electron chi connectivity index (χ0n) is 13.4. The molecular weight excluding hydrogens is 282 g/mol. The molecule has 2 heterocycles. The number of aliphatic imine (C=N–C) groups is 1. The molecule has 0 bridgehead atoms. The van der Waals surface area contributed by atoms with Crippen LogP contribution in [0.25, 0.3) is 0 Å². The molecule has 0 saturated carbocycles. The molecule has 0 unspecified atom stereocenters. The van der Waals surface area contributed by atoms with Crippen LogP contribution in [0.5, 0.6) is 5.88 Å². The van der Waals surface area contributed by atoms with Crippen LogP contribution < -0.4 is 10.5 Å². The zero-order chi connectivity index (χ0) is 15.8. The van der Waals surface area contributed by atoms with Gasteiger partial charge in [0.25, 0.3) is 0 Å². The highest BCUT2D eigenvalue weighted by atomic mass is 16.5. The van der Waals surface area contributed by atoms with Crippen LogP contribution in [0, 0.1) is 0 Å². The molecule has 1 aliphatic heterocycles. The van der Waals surface area contributed by atoms with Crippen molar-refractivity contribution in [1.29, 1.82) is 0 Å². The van der Waals surface area contributed by atoms with Crippen LogP contribution >= 0.6 is 0 Å². The van der Waals surface area contributed by atoms with E-state index in [-0.39, 0.29) is 0 Å². The van der Waals surface area contributed by atoms with Crippen LogP contribution in [0.3, 0.4) is 0 Å². The van der Waals surface area contributed by atoms with Gasteiger partial charge in [-0.2, -0.15) is 0 Å². The second kappa shape index (κ2) is 8.55. The molecule has 1 aromatic heterocycles. The van der Waals surface area contributed by atoms with Gasteiger partial charge in [0.05, 0.1) is 19.8 Å². The first-order chi connectivity index (χ1) is 10.6. The van der Waals surface area contributed by atoms with E-state index in [9.17, 15) is 0 Å². The Morgan fingerprint density at radius 2 is 2.23 bits per heavy atom. The summed E-state index contributed by atoms with van der Waals surface area (Å²) in [7, 11) is 4.02. The minimum atomic E-state index is 0.524. The Morgan fingerprint density at radius 1 is 1.45 bits per heavy atom. The van der Waals surface area contributed by atoms with Crippen molar-refractivity contribution in [2.24, 2.45) is 10.7 Å². The average molecular weight is 307 g/mol. The molecule has 1 aromatic rings. The van der Waals surface area contributed by atoms with Crippen molar-refractivity contribution < 1.29 is 9.47 Å². The number of guanidine groups is 1. The number of nitrogens with zero attached hydrogens (tertiary/aromatic N) is 4. The molecule has 0 amide bonds. The van der Waals surface area contributed by atoms with E-state index in [2.05, 4.69) is 14.9 Å². The Hall–Kier alpha value is -1.86. The molecule has 1 saturated heterocycles. The number of hydrogen-bond donors (Lipinski definition) is 1. The van der Waals surface area contributed by atoms with Crippen LogP contribution in [0.15, 0.2) is 23.3 Å². The smallest absolute Gasteiger partial charge is 0.213 e. The van der Waals surface area contributed by atoms with Crippen LogP contribution in [0.4, 0.5) is 0 Å². The van der Waals surface area contributed by atoms with Gasteiger partial charge in [-0.25, -0.2) is 9.98 Å². The molecule has 0 atom stereocenters. The van der Waals surface area contributed by atoms with Crippen molar-refractivity contribution in [3.8, 4) is 5.88 Å². The van der Waals surface area contributed by atoms with Crippen molar-refractivity contribution in [3.05, 3.63) is 23.9 Å². The lowest BCUT2D eigenvalue weighted by molar-refractivity contribution is 0.0674. The number of likely N-dealkylation sites (N-methyl/N-ethyl adjacent to an activating group) is 1. The highest BCUT2D eigenvalue weighted by Crippen LogP contribution is 2.10. The Balaban J connectivity index is 1.86. The monoisotopic (exact) mass is 307 g/mol. The molecular formula is C15H25N5O2. The van der Waals surface area contributed by atoms with Gasteiger partial charge < -0.3 is 25.0 Å². The number of rotatable bonds is 6. The van der Waals surface area contributed by atoms with Gasteiger partial charge in [-0.3, -0.25) is 0 Å². The van der Waals surface area contributed by atoms with Crippen molar-refractivity contribution >= 4 is 5.96 Å². The first-order valence-electron chi connectivity index (χ1n) is 7.50. The molecule has 1 aliphatic rings. The fourth-order valence-corrected chi connectivity index (χ4v) is 2.03. The summed E-state index contributed by atoms with van der Waals surface area (Å²) in [6.45, 7) is 4.99. The van der Waals surface area contributed by atoms with Gasteiger partial charge in [0.2, 0.25) is 5.88 Å². The number of aromatic nitrogens is 1. The molecule has 0 radical (unpaired) electrons. The lowest BCUT2D eigenvalue weighted by Crippen LogP contribution is -2.44. The van der Waals surface area contributed by atoms with Crippen molar-refractivity contribution in [1.82, 2.24) is 14.8 Å². The second-order valence-corrected chi connectivity index (χ2v) is 5.43. The van der Waals surface area contributed by atoms with Gasteiger partial charge in [-0.1, -0.05) is 0 Å². The van der Waals surface area contributed by atoms with Crippen molar-refractivity contribution in [2.45, 2.75) is 6.54 Å². The number of ether oxygens (including phenoxy) is 2. The van der Waals surface area contributed by atoms with Gasteiger partial charge in [-0.05, 0) is 25.7 Å². The highest BCUT2D eigenvalue weighted by molar-refractivity contribution is 5.78. The molecule has 122 valence electrons. The maximum Gasteiger partial charge on any atom is 0.213 e. The summed E-state index contributed by atoms with van der Waals surface area (Å²) in [5.41, 5.74) is 7.05. The SMILES string of the molecule is CN(C)CCOc1cc(CN=C(N)N2CCOCC2)ccn1. The van der Waals surface area contributed by atoms with Gasteiger partial charge >= 0.3 is 0 Å². The molecule has 0 aromatic carbocycles. The molecule has 2 N–H and O–H groups in total. The van der Waals surface area contributed by atoms with Gasteiger partial charge in [0, 0.05) is 31.9 Å². The molecule has 22 heavy (non-hydrogen) atoms. The normalized spacial score (nSPS) is 16.1. The van der Waals surface area contributed by atoms with Crippen LogP contribution in [-0.4, -0.2) is 74.3 Å². The van der Waals surface area contributed by atoms with Crippen LogP contribution in [-0.2, 0) is 11.3 Å². The maximum absolute atomic E-state index is 6.02. The minimum absolute atomic E-state index is 0.524. The number of pyridine rings is 1. The second-order valence-electron chi connectivity index (χ2n) is 5.43. The van der Waals surface area contributed by atoms with Gasteiger partial charge in [-0.15, -0.1) is 0 Å². The minimum Gasteiger partial charge on any atom is -0.476 e. The Labute approximate surface area is 131 Å². The van der Waals surface area contributed by atoms with E-state index in [1.54, 1.807) is 6.20 Å². The summed E-state index contributed by atoms with van der Waals surface area (Å²) in [6.07, 6.45) is 1.74. The zero-order valence-corrected chi connectivity index (χ0v) is 13.4. The van der Waals surface area contributed by atoms with Crippen LogP contribution in [0.1, 0.15) is 5.56 Å². The number of nitrogens with two attached hydrogens (primary N) is 1. The quantitative estimate of drug-likeness (QED) is 0.596. The molecule has 1 fully saturated rings. The number of hydrogen-bond acceptors (Lipinski definition) is 5. The van der Waals surface area contributed by atoms with E-state index < -0.39 is 0 Å². The lowest BCUT2D eigenvalue weighted by Gasteiger charge is -2.27. The summed E-state index contributed by atoms with van der Waals surface area (Å²) in [5, 5.41) is 0. The third-order valence-corrected chi connectivity index (χ3v) is 3.35. The fraction of sp³-hybridized carbons (Fsp3) is 0.600. The molecule has 0 aliphatic carbocycles. The summed E-state index contributed by atoms with van der Waals surface area (Å²) in [4.78, 5) is 12.8. The summed E-state index contributed by atoms with van der Waals surface area (Å²) >= 11 is 0. The van der Waals surface area contributed by atoms with E-state index in [0.717, 1.165) is 25.2 Å². The first kappa shape index (κ1) is 16.5. The topological polar surface area (TPSA) is 76.2 Å². The maximum atomic E-state index is 6.02. The molecule has 7 heteroatoms. The third-order valence-electron chi connectivity index (χ3n) is 3.35. The predicted octanol–water partition coefficient (Wildman–Crippen LogP) is 0.169. The molecule has 0 spiro atoms. The highest BCUT2D eigenvalue weighted by Gasteiger charge is 2.11. The van der Waals surface area contributed by atoms with Crippen LogP contribution in [0.2, 0.25) is 0 Å². The summed E-state index contributed by atoms with van der Waals surface area (Å²) in [5.74, 6) is 1.19. The third kappa shape index (κ3) is 5.50. The predicted molar refractivity (Wildman–Crippen MR) is 86.0 cm³/mol. The fourth-order valence-electron chi connectivity index (χ4n) is 2.03. The van der Waals surface area contributed by atoms with E-state index >= 15 is 0 Å². The lowest BCUT2D eigenvalue weighted by atomic mass is 10.3. The largest absolute Gasteiger partial charge is 0.476 e. The van der Waals surface area contributed by atoms with E-state index in [1.807, 2.05) is 31.1 Å². The Bertz CT molecular complexity index is 487. The first-order valence-corrected chi connectivity index (χ1v) is 7.50. The standard InChI is InChI=1S/C15H25N5O2/c1-19(2)5-10-22-14-11-13(3-4-17-14)12-18-15(16)20-6-8-21-9-7-20/h3-4,11H,5-10,12H2,1-2H3,(H2,16,18). The van der Waals surface area contributed by atoms with E-state index in [0.29, 0.717) is 38.2 Å². The summed E-state index contributed by atoms with van der Waals surface area (Å²) < 4.78 is 10.9. The molecule has 7 nitrogen and oxygen atoms in total. The Kier molecular flexibility index (Phi) is 6.42. The van der Waals surface area contributed by atoms with Crippen molar-refractivity contribution in [2.75, 3.05) is 53.6 Å². The Morgan fingerprint density at radius 3 is 2.95 bits per heavy atom. The molecule has 2 rings (SSSR count). The average Bonchev–Trinajstić information content (AvgIpc) is 2.53.